The number of esters is 1. The number of carbonyl (C=O) groups excluding carboxylic acids is 8. The second-order valence-corrected chi connectivity index (χ2v) is 16.7. The third kappa shape index (κ3) is 16.4. The van der Waals surface area contributed by atoms with E-state index in [1.54, 1.807) is 6.26 Å². The summed E-state index contributed by atoms with van der Waals surface area (Å²) < 4.78 is 21.4. The molecule has 0 saturated carbocycles. The number of primary amides is 1. The van der Waals surface area contributed by atoms with Crippen molar-refractivity contribution >= 4 is 66.9 Å². The zero-order valence-electron chi connectivity index (χ0n) is 33.4. The van der Waals surface area contributed by atoms with Gasteiger partial charge in [-0.05, 0) is 76.3 Å². The lowest BCUT2D eigenvalue weighted by Crippen LogP contribution is -2.62. The summed E-state index contributed by atoms with van der Waals surface area (Å²) in [6.45, 7) is 4.23. The smallest absolute Gasteiger partial charge is 0.467 e. The summed E-state index contributed by atoms with van der Waals surface area (Å²) >= 11 is 1.41. The van der Waals surface area contributed by atoms with Crippen LogP contribution >= 0.6 is 19.6 Å². The van der Waals surface area contributed by atoms with Crippen LogP contribution in [0.15, 0.2) is 0 Å². The Hall–Kier alpha value is -3.86. The molecule has 0 aromatic heterocycles. The molecule has 8 atom stereocenters. The Kier molecular flexibility index (Phi) is 21.0. The molecule has 24 heteroatoms. The fourth-order valence-corrected chi connectivity index (χ4v) is 7.49. The Balaban J connectivity index is 2.31. The summed E-state index contributed by atoms with van der Waals surface area (Å²) in [6, 6.07) is -9.04. The summed E-state index contributed by atoms with van der Waals surface area (Å²) in [6.07, 6.45) is 1.50. The van der Waals surface area contributed by atoms with E-state index in [-0.39, 0.29) is 38.1 Å². The largest absolute Gasteiger partial charge is 0.469 e. The van der Waals surface area contributed by atoms with Gasteiger partial charge in [-0.1, -0.05) is 13.8 Å². The van der Waals surface area contributed by atoms with Crippen molar-refractivity contribution in [2.24, 2.45) is 11.7 Å². The van der Waals surface area contributed by atoms with Gasteiger partial charge in [0.15, 0.2) is 0 Å². The molecule has 0 aromatic rings. The number of methoxy groups -OCH3 is 1. The predicted octanol–water partition coefficient (Wildman–Crippen LogP) is -3.12. The van der Waals surface area contributed by atoms with Crippen molar-refractivity contribution in [3.63, 3.8) is 0 Å². The van der Waals surface area contributed by atoms with E-state index in [0.717, 1.165) is 25.4 Å². The average molecular weight is 867 g/mol. The van der Waals surface area contributed by atoms with Crippen molar-refractivity contribution in [3.8, 4) is 0 Å². The molecule has 0 aromatic carbocycles. The first kappa shape index (κ1) is 50.3. The maximum atomic E-state index is 14.0. The van der Waals surface area contributed by atoms with E-state index in [9.17, 15) is 57.8 Å². The minimum Gasteiger partial charge on any atom is -0.467 e. The lowest BCUT2D eigenvalue weighted by molar-refractivity contribution is -0.148. The van der Waals surface area contributed by atoms with Gasteiger partial charge in [-0.2, -0.15) is 11.8 Å². The number of rotatable bonds is 24. The molecule has 2 aliphatic rings. The minimum absolute atomic E-state index is 0.0285. The number of nitrogens with two attached hydrogens (primary N) is 1. The number of nitrogens with zero attached hydrogens (tertiary/aromatic N) is 1. The van der Waals surface area contributed by atoms with Gasteiger partial charge in [0.05, 0.1) is 25.9 Å². The molecular weight excluding hydrogens is 807 g/mol. The third-order valence-corrected chi connectivity index (χ3v) is 10.7. The van der Waals surface area contributed by atoms with E-state index in [0.29, 0.717) is 25.1 Å². The minimum atomic E-state index is -5.28. The van der Waals surface area contributed by atoms with Crippen LogP contribution < -0.4 is 37.6 Å². The highest BCUT2D eigenvalue weighted by Crippen LogP contribution is 2.38. The van der Waals surface area contributed by atoms with E-state index in [1.807, 2.05) is 13.8 Å². The first-order valence-corrected chi connectivity index (χ1v) is 21.9. The van der Waals surface area contributed by atoms with Crippen molar-refractivity contribution in [3.05, 3.63) is 0 Å². The number of thioether (sulfide) groups is 1. The Labute approximate surface area is 341 Å². The number of hydrogen-bond donors (Lipinski definition) is 10. The second-order valence-electron chi connectivity index (χ2n) is 14.5. The molecule has 0 unspecified atom stereocenters. The van der Waals surface area contributed by atoms with Gasteiger partial charge >= 0.3 is 13.8 Å². The number of carbonyl (C=O) groups is 8. The molecule has 7 amide bonds. The van der Waals surface area contributed by atoms with E-state index >= 15 is 0 Å². The average Bonchev–Trinajstić information content (AvgIpc) is 3.88. The number of phosphoric acid groups is 1. The van der Waals surface area contributed by atoms with Gasteiger partial charge in [0.1, 0.15) is 36.3 Å². The standard InChI is InChI=1S/C34H59N8O14PS/c1-18(2)16-23(34(51)55-4)39-32(49)25-9-7-14-42(25)33(50)27(19(3)56-57(52,53)54)41-31(48)24(17-43)40-29(46)21(10-11-26(35)44)37-30(47)22(12-15-58-5)38-28(45)20-8-6-13-36-20/h18-25,27,36,43H,6-17H2,1-5H3,(H2,35,44)(H,37,47)(H,38,45)(H,39,49)(H,40,46)(H,41,48)(H2,52,53,54)/t19-,20+,21+,22+,23+,24+,25+,27+/m1/s1. The molecule has 330 valence electrons. The summed E-state index contributed by atoms with van der Waals surface area (Å²) in [5.41, 5.74) is 5.30. The van der Waals surface area contributed by atoms with E-state index in [1.165, 1.54) is 11.8 Å². The van der Waals surface area contributed by atoms with Crippen LogP contribution in [-0.4, -0.2) is 154 Å². The molecule has 11 N–H and O–H groups in total. The molecule has 0 aliphatic carbocycles. The first-order valence-electron chi connectivity index (χ1n) is 19.0. The van der Waals surface area contributed by atoms with Crippen LogP contribution in [0, 0.1) is 5.92 Å². The maximum absolute atomic E-state index is 14.0. The second kappa shape index (κ2) is 24.3. The number of nitrogens with one attached hydrogen (secondary N) is 6. The molecule has 22 nitrogen and oxygen atoms in total. The van der Waals surface area contributed by atoms with Crippen LogP contribution in [0.2, 0.25) is 0 Å². The van der Waals surface area contributed by atoms with Crippen LogP contribution in [0.4, 0.5) is 0 Å². The number of hydrogen-bond acceptors (Lipinski definition) is 14. The van der Waals surface area contributed by atoms with E-state index in [2.05, 4.69) is 31.9 Å². The Morgan fingerprint density at radius 3 is 2.00 bits per heavy atom. The van der Waals surface area contributed by atoms with Crippen molar-refractivity contribution in [1.82, 2.24) is 36.8 Å². The van der Waals surface area contributed by atoms with Crippen molar-refractivity contribution in [2.45, 2.75) is 121 Å². The summed E-state index contributed by atoms with van der Waals surface area (Å²) in [5, 5.41) is 25.5. The van der Waals surface area contributed by atoms with Crippen molar-refractivity contribution in [2.75, 3.05) is 38.8 Å². The normalized spacial score (nSPS) is 19.8. The van der Waals surface area contributed by atoms with Gasteiger partial charge in [0, 0.05) is 13.0 Å². The quantitative estimate of drug-likeness (QED) is 0.0339. The highest BCUT2D eigenvalue weighted by Gasteiger charge is 2.43. The van der Waals surface area contributed by atoms with Crippen LogP contribution in [0.1, 0.15) is 72.1 Å². The summed E-state index contributed by atoms with van der Waals surface area (Å²) in [7, 11) is -4.12. The van der Waals surface area contributed by atoms with Gasteiger partial charge in [-0.15, -0.1) is 0 Å². The highest BCUT2D eigenvalue weighted by molar-refractivity contribution is 7.98. The van der Waals surface area contributed by atoms with Gasteiger partial charge in [0.2, 0.25) is 41.4 Å². The Morgan fingerprint density at radius 2 is 1.47 bits per heavy atom. The van der Waals surface area contributed by atoms with Gasteiger partial charge < -0.3 is 62.2 Å². The van der Waals surface area contributed by atoms with Crippen molar-refractivity contribution < 1.29 is 67.1 Å². The molecule has 2 aliphatic heterocycles. The number of aliphatic hydroxyl groups is 1. The molecule has 0 spiro atoms. The van der Waals surface area contributed by atoms with E-state index < -0.39 is 117 Å². The topological polar surface area (TPSA) is 334 Å². The summed E-state index contributed by atoms with van der Waals surface area (Å²) in [4.78, 5) is 125. The molecular formula is C34H59N8O14PS. The van der Waals surface area contributed by atoms with Crippen molar-refractivity contribution in [1.29, 1.82) is 0 Å². The van der Waals surface area contributed by atoms with Crippen LogP contribution in [0.5, 0.6) is 0 Å². The van der Waals surface area contributed by atoms with Gasteiger partial charge in [-0.25, -0.2) is 9.36 Å². The zero-order valence-corrected chi connectivity index (χ0v) is 35.1. The molecule has 0 bridgehead atoms. The molecule has 2 saturated heterocycles. The number of phosphoric ester groups is 1. The number of aliphatic hydroxyl groups excluding tert-OH is 1. The number of ether oxygens (including phenoxy) is 1. The lowest BCUT2D eigenvalue weighted by Gasteiger charge is -2.33. The highest BCUT2D eigenvalue weighted by atomic mass is 32.2. The SMILES string of the molecule is COC(=O)[C@H](CC(C)C)NC(=O)[C@@H]1CCCN1C(=O)[C@@H](NC(=O)[C@H](CO)NC(=O)[C@H](CCC(N)=O)NC(=O)[C@H](CCSC)NC(=O)[C@@H]1CCCN1)[C@@H](C)OP(=O)(O)O. The number of likely N-dealkylation sites (tertiary alicyclic amines) is 1. The first-order chi connectivity index (χ1) is 27.2. The Morgan fingerprint density at radius 1 is 0.862 bits per heavy atom. The summed E-state index contributed by atoms with van der Waals surface area (Å²) in [5.74, 6) is -6.29. The molecule has 2 heterocycles. The van der Waals surface area contributed by atoms with Crippen LogP contribution in [0.3, 0.4) is 0 Å². The number of amides is 7. The predicted molar refractivity (Wildman–Crippen MR) is 208 cm³/mol. The molecule has 2 fully saturated rings. The fourth-order valence-electron chi connectivity index (χ4n) is 6.47. The molecule has 58 heavy (non-hydrogen) atoms. The van der Waals surface area contributed by atoms with Gasteiger partial charge in [-0.3, -0.25) is 38.1 Å². The Bertz CT molecular complexity index is 1510. The lowest BCUT2D eigenvalue weighted by atomic mass is 10.0. The fraction of sp³-hybridized carbons (Fsp3) is 0.765. The van der Waals surface area contributed by atoms with Crippen LogP contribution in [0.25, 0.3) is 0 Å². The van der Waals surface area contributed by atoms with Crippen LogP contribution in [-0.2, 0) is 52.2 Å². The van der Waals surface area contributed by atoms with E-state index in [4.69, 9.17) is 15.0 Å². The monoisotopic (exact) mass is 866 g/mol. The maximum Gasteiger partial charge on any atom is 0.469 e. The molecule has 0 radical (unpaired) electrons. The molecule has 2 rings (SSSR count). The van der Waals surface area contributed by atoms with Gasteiger partial charge in [0.25, 0.3) is 0 Å². The zero-order chi connectivity index (χ0) is 43.7. The third-order valence-electron chi connectivity index (χ3n) is 9.43.